The van der Waals surface area contributed by atoms with Gasteiger partial charge in [-0.3, -0.25) is 4.79 Å². The van der Waals surface area contributed by atoms with Crippen molar-refractivity contribution in [2.24, 2.45) is 5.73 Å². The molecule has 0 aliphatic heterocycles. The van der Waals surface area contributed by atoms with Crippen LogP contribution in [0.1, 0.15) is 30.0 Å². The third-order valence-electron chi connectivity index (χ3n) is 3.42. The Kier molecular flexibility index (Phi) is 3.25. The fraction of sp³-hybridized carbons (Fsp3) is 0.462. The summed E-state index contributed by atoms with van der Waals surface area (Å²) in [4.78, 5) is 12.2. The molecule has 2 rings (SSSR count). The van der Waals surface area contributed by atoms with Crippen LogP contribution in [0.3, 0.4) is 0 Å². The number of rotatable bonds is 3. The van der Waals surface area contributed by atoms with Crippen molar-refractivity contribution in [3.63, 3.8) is 0 Å². The minimum Gasteiger partial charge on any atom is -0.365 e. The van der Waals surface area contributed by atoms with Crippen LogP contribution in [0.4, 0.5) is 0 Å². The van der Waals surface area contributed by atoms with Gasteiger partial charge in [0.1, 0.15) is 6.04 Å². The standard InChI is InChI=1S/C13H18N2O/c1-15(9-13(14)16)12-8-4-6-10-5-2-3-7-11(10)12/h2-3,5,7,12H,4,6,8-9H2,1H3,(H2,14,16)/p+1/t12-/m0/s1. The molecular formula is C13H19N2O+. The molecule has 1 unspecified atom stereocenters. The van der Waals surface area contributed by atoms with Crippen molar-refractivity contribution in [3.05, 3.63) is 35.4 Å². The molecule has 1 aliphatic carbocycles. The monoisotopic (exact) mass is 219 g/mol. The van der Waals surface area contributed by atoms with Crippen molar-refractivity contribution in [1.82, 2.24) is 0 Å². The van der Waals surface area contributed by atoms with Crippen LogP contribution >= 0.6 is 0 Å². The summed E-state index contributed by atoms with van der Waals surface area (Å²) in [6.07, 6.45) is 3.52. The molecule has 86 valence electrons. The number of benzene rings is 1. The molecule has 1 aromatic rings. The van der Waals surface area contributed by atoms with Crippen LogP contribution in [-0.2, 0) is 11.2 Å². The van der Waals surface area contributed by atoms with Gasteiger partial charge in [-0.1, -0.05) is 24.3 Å². The van der Waals surface area contributed by atoms with E-state index in [2.05, 4.69) is 31.3 Å². The number of fused-ring (bicyclic) bond motifs is 1. The molecule has 0 fully saturated rings. The van der Waals surface area contributed by atoms with Crippen LogP contribution in [0.5, 0.6) is 0 Å². The number of likely N-dealkylation sites (N-methyl/N-ethyl adjacent to an activating group) is 1. The number of carbonyl (C=O) groups is 1. The second kappa shape index (κ2) is 4.66. The van der Waals surface area contributed by atoms with Crippen LogP contribution in [0, 0.1) is 0 Å². The summed E-state index contributed by atoms with van der Waals surface area (Å²) in [5.41, 5.74) is 8.09. The lowest BCUT2D eigenvalue weighted by Crippen LogP contribution is -3.10. The number of nitrogens with two attached hydrogens (primary N) is 1. The van der Waals surface area contributed by atoms with E-state index in [-0.39, 0.29) is 5.91 Å². The maximum atomic E-state index is 11.0. The number of nitrogens with one attached hydrogen (secondary N) is 1. The van der Waals surface area contributed by atoms with E-state index in [1.807, 2.05) is 0 Å². The van der Waals surface area contributed by atoms with Crippen molar-refractivity contribution >= 4 is 5.91 Å². The van der Waals surface area contributed by atoms with Crippen LogP contribution in [0.15, 0.2) is 24.3 Å². The fourth-order valence-corrected chi connectivity index (χ4v) is 2.66. The average molecular weight is 219 g/mol. The molecule has 3 heteroatoms. The summed E-state index contributed by atoms with van der Waals surface area (Å²) in [5.74, 6) is -0.222. The minimum atomic E-state index is -0.222. The Hall–Kier alpha value is -1.35. The lowest BCUT2D eigenvalue weighted by molar-refractivity contribution is -0.905. The van der Waals surface area contributed by atoms with Gasteiger partial charge in [0.25, 0.3) is 5.91 Å². The number of carbonyl (C=O) groups excluding carboxylic acids is 1. The number of primary amides is 1. The Morgan fingerprint density at radius 3 is 3.00 bits per heavy atom. The van der Waals surface area contributed by atoms with Gasteiger partial charge in [-0.2, -0.15) is 0 Å². The van der Waals surface area contributed by atoms with Gasteiger partial charge in [-0.25, -0.2) is 0 Å². The predicted molar refractivity (Wildman–Crippen MR) is 63.1 cm³/mol. The Bertz CT molecular complexity index is 389. The van der Waals surface area contributed by atoms with Crippen LogP contribution < -0.4 is 10.6 Å². The first kappa shape index (κ1) is 11.1. The van der Waals surface area contributed by atoms with Gasteiger partial charge in [0.2, 0.25) is 0 Å². The Morgan fingerprint density at radius 1 is 1.50 bits per heavy atom. The zero-order valence-corrected chi connectivity index (χ0v) is 9.70. The molecule has 1 aromatic carbocycles. The molecule has 0 bridgehead atoms. The number of hydrogen-bond donors (Lipinski definition) is 2. The van der Waals surface area contributed by atoms with E-state index >= 15 is 0 Å². The molecular weight excluding hydrogens is 200 g/mol. The van der Waals surface area contributed by atoms with Crippen LogP contribution in [-0.4, -0.2) is 19.5 Å². The van der Waals surface area contributed by atoms with Gasteiger partial charge in [0.15, 0.2) is 6.54 Å². The lowest BCUT2D eigenvalue weighted by Gasteiger charge is -2.29. The second-order valence-electron chi connectivity index (χ2n) is 4.63. The maximum absolute atomic E-state index is 11.0. The molecule has 3 N–H and O–H groups in total. The van der Waals surface area contributed by atoms with E-state index in [4.69, 9.17) is 5.73 Å². The Labute approximate surface area is 96.2 Å². The van der Waals surface area contributed by atoms with E-state index in [1.165, 1.54) is 22.4 Å². The summed E-state index contributed by atoms with van der Waals surface area (Å²) in [5, 5.41) is 0. The molecule has 16 heavy (non-hydrogen) atoms. The number of quaternary nitrogens is 1. The van der Waals surface area contributed by atoms with Gasteiger partial charge in [-0.05, 0) is 18.4 Å². The molecule has 0 saturated carbocycles. The molecule has 0 aromatic heterocycles. The summed E-state index contributed by atoms with van der Waals surface area (Å²) in [7, 11) is 2.05. The van der Waals surface area contributed by atoms with E-state index in [0.29, 0.717) is 12.6 Å². The van der Waals surface area contributed by atoms with Crippen molar-refractivity contribution < 1.29 is 9.69 Å². The highest BCUT2D eigenvalue weighted by Gasteiger charge is 2.27. The van der Waals surface area contributed by atoms with Crippen molar-refractivity contribution in [2.45, 2.75) is 25.3 Å². The average Bonchev–Trinajstić information content (AvgIpc) is 2.27. The summed E-state index contributed by atoms with van der Waals surface area (Å²) < 4.78 is 0. The van der Waals surface area contributed by atoms with Crippen LogP contribution in [0.25, 0.3) is 0 Å². The first-order chi connectivity index (χ1) is 7.68. The maximum Gasteiger partial charge on any atom is 0.272 e. The Morgan fingerprint density at radius 2 is 2.25 bits per heavy atom. The quantitative estimate of drug-likeness (QED) is 0.742. The molecule has 0 saturated heterocycles. The zero-order valence-electron chi connectivity index (χ0n) is 9.70. The SMILES string of the molecule is C[NH+](CC(N)=O)[C@H]1CCCc2ccccc21. The highest BCUT2D eigenvalue weighted by Crippen LogP contribution is 2.26. The molecule has 2 atom stereocenters. The summed E-state index contributed by atoms with van der Waals surface area (Å²) in [6.45, 7) is 0.416. The molecule has 1 amide bonds. The van der Waals surface area contributed by atoms with Gasteiger partial charge in [0, 0.05) is 12.0 Å². The van der Waals surface area contributed by atoms with Gasteiger partial charge >= 0.3 is 0 Å². The molecule has 0 radical (unpaired) electrons. The topological polar surface area (TPSA) is 47.5 Å². The molecule has 3 nitrogen and oxygen atoms in total. The molecule has 0 spiro atoms. The lowest BCUT2D eigenvalue weighted by atomic mass is 9.87. The normalized spacial score (nSPS) is 21.2. The van der Waals surface area contributed by atoms with E-state index in [1.54, 1.807) is 0 Å². The number of aryl methyl sites for hydroxylation is 1. The van der Waals surface area contributed by atoms with Crippen LogP contribution in [0.2, 0.25) is 0 Å². The zero-order chi connectivity index (χ0) is 11.5. The number of amides is 1. The van der Waals surface area contributed by atoms with E-state index in [9.17, 15) is 4.79 Å². The first-order valence-electron chi connectivity index (χ1n) is 5.87. The van der Waals surface area contributed by atoms with Gasteiger partial charge < -0.3 is 10.6 Å². The van der Waals surface area contributed by atoms with Crippen molar-refractivity contribution in [1.29, 1.82) is 0 Å². The summed E-state index contributed by atoms with van der Waals surface area (Å²) >= 11 is 0. The Balaban J connectivity index is 2.21. The van der Waals surface area contributed by atoms with Crippen molar-refractivity contribution in [2.75, 3.05) is 13.6 Å². The van der Waals surface area contributed by atoms with Gasteiger partial charge in [-0.15, -0.1) is 0 Å². The third-order valence-corrected chi connectivity index (χ3v) is 3.42. The minimum absolute atomic E-state index is 0.222. The third kappa shape index (κ3) is 2.25. The highest BCUT2D eigenvalue weighted by atomic mass is 16.1. The van der Waals surface area contributed by atoms with E-state index < -0.39 is 0 Å². The van der Waals surface area contributed by atoms with E-state index in [0.717, 1.165) is 12.8 Å². The van der Waals surface area contributed by atoms with Gasteiger partial charge in [0.05, 0.1) is 7.05 Å². The smallest absolute Gasteiger partial charge is 0.272 e. The highest BCUT2D eigenvalue weighted by molar-refractivity contribution is 5.74. The molecule has 0 heterocycles. The largest absolute Gasteiger partial charge is 0.365 e. The molecule has 1 aliphatic rings. The fourth-order valence-electron chi connectivity index (χ4n) is 2.66. The second-order valence-corrected chi connectivity index (χ2v) is 4.63. The predicted octanol–water partition coefficient (Wildman–Crippen LogP) is 0.0640. The first-order valence-corrected chi connectivity index (χ1v) is 5.87. The summed E-state index contributed by atoms with van der Waals surface area (Å²) in [6, 6.07) is 8.97. The van der Waals surface area contributed by atoms with Crippen molar-refractivity contribution in [3.8, 4) is 0 Å². The number of hydrogen-bond acceptors (Lipinski definition) is 1.